The van der Waals surface area contributed by atoms with Crippen molar-refractivity contribution in [3.05, 3.63) is 81.8 Å². The average molecular weight is 431 g/mol. The summed E-state index contributed by atoms with van der Waals surface area (Å²) in [4.78, 5) is 27.5. The van der Waals surface area contributed by atoms with Crippen molar-refractivity contribution in [2.24, 2.45) is 10.7 Å². The van der Waals surface area contributed by atoms with Crippen molar-refractivity contribution >= 4 is 22.6 Å². The Morgan fingerprint density at radius 3 is 2.75 bits per heavy atom. The van der Waals surface area contributed by atoms with Crippen LogP contribution in [0.5, 0.6) is 0 Å². The highest BCUT2D eigenvalue weighted by atomic mass is 16.3. The summed E-state index contributed by atoms with van der Waals surface area (Å²) in [5.41, 5.74) is 11.0. The first-order chi connectivity index (χ1) is 15.5. The first-order valence-electron chi connectivity index (χ1n) is 10.4. The number of imidazole rings is 1. The van der Waals surface area contributed by atoms with Gasteiger partial charge in [0.25, 0.3) is 5.56 Å². The van der Waals surface area contributed by atoms with E-state index in [1.54, 1.807) is 19.3 Å². The molecule has 0 bridgehead atoms. The van der Waals surface area contributed by atoms with Gasteiger partial charge in [0.15, 0.2) is 0 Å². The molecule has 2 aromatic heterocycles. The third-order valence-corrected chi connectivity index (χ3v) is 5.42. The van der Waals surface area contributed by atoms with Gasteiger partial charge >= 0.3 is 0 Å². The molecule has 0 aliphatic rings. The van der Waals surface area contributed by atoms with Crippen LogP contribution < -0.4 is 16.6 Å². The second-order valence-electron chi connectivity index (χ2n) is 7.69. The number of anilines is 1. The second kappa shape index (κ2) is 9.07. The number of hydrogen-bond acceptors (Lipinski definition) is 5. The average Bonchev–Trinajstić information content (AvgIpc) is 3.23. The number of nitrogens with one attached hydrogen (secondary N) is 3. The highest BCUT2D eigenvalue weighted by molar-refractivity contribution is 6.01. The fourth-order valence-corrected chi connectivity index (χ4v) is 3.80. The lowest BCUT2D eigenvalue weighted by molar-refractivity contribution is 0.274. The second-order valence-corrected chi connectivity index (χ2v) is 7.69. The Morgan fingerprint density at radius 2 is 2.03 bits per heavy atom. The molecular weight excluding hydrogens is 404 g/mol. The molecule has 4 rings (SSSR count). The molecule has 0 saturated heterocycles. The van der Waals surface area contributed by atoms with Crippen LogP contribution in [0.25, 0.3) is 22.4 Å². The Labute approximate surface area is 185 Å². The van der Waals surface area contributed by atoms with Crippen LogP contribution in [-0.2, 0) is 6.42 Å². The Balaban J connectivity index is 1.74. The number of aliphatic imine (C=N–C) groups is 1. The molecule has 0 aliphatic carbocycles. The minimum absolute atomic E-state index is 0.0840. The van der Waals surface area contributed by atoms with Crippen LogP contribution in [0.1, 0.15) is 16.7 Å². The molecule has 8 heteroatoms. The molecule has 32 heavy (non-hydrogen) atoms. The Kier molecular flexibility index (Phi) is 6.04. The van der Waals surface area contributed by atoms with E-state index in [0.29, 0.717) is 29.3 Å². The van der Waals surface area contributed by atoms with Gasteiger partial charge in [-0.1, -0.05) is 30.3 Å². The highest BCUT2D eigenvalue weighted by Gasteiger charge is 2.18. The molecule has 4 aromatic rings. The summed E-state index contributed by atoms with van der Waals surface area (Å²) >= 11 is 0. The van der Waals surface area contributed by atoms with Crippen molar-refractivity contribution in [1.82, 2.24) is 15.0 Å². The van der Waals surface area contributed by atoms with Crippen LogP contribution >= 0.6 is 0 Å². The van der Waals surface area contributed by atoms with Gasteiger partial charge in [0.1, 0.15) is 17.2 Å². The van der Waals surface area contributed by atoms with Gasteiger partial charge in [-0.3, -0.25) is 9.79 Å². The molecule has 164 valence electrons. The number of aliphatic hydroxyl groups is 1. The maximum Gasteiger partial charge on any atom is 0.261 e. The topological polar surface area (TPSA) is 132 Å². The van der Waals surface area contributed by atoms with Crippen molar-refractivity contribution < 1.29 is 5.11 Å². The summed E-state index contributed by atoms with van der Waals surface area (Å²) in [5.74, 6) is 0.866. The Bertz CT molecular complexity index is 1320. The molecule has 0 spiro atoms. The van der Waals surface area contributed by atoms with E-state index in [2.05, 4.69) is 25.3 Å². The van der Waals surface area contributed by atoms with Crippen LogP contribution in [0.3, 0.4) is 0 Å². The fourth-order valence-electron chi connectivity index (χ4n) is 3.80. The first kappa shape index (κ1) is 21.3. The smallest absolute Gasteiger partial charge is 0.261 e. The zero-order valence-corrected chi connectivity index (χ0v) is 18.0. The van der Waals surface area contributed by atoms with Crippen LogP contribution in [0.15, 0.2) is 64.5 Å². The van der Waals surface area contributed by atoms with E-state index < -0.39 is 0 Å². The molecule has 2 heterocycles. The molecule has 0 unspecified atom stereocenters. The van der Waals surface area contributed by atoms with E-state index in [-0.39, 0.29) is 18.2 Å². The molecule has 2 aromatic carbocycles. The SMILES string of the molecule is C/N=C(\N)c1cc(C)c2nc(-c3c(N[C@H](CO)Cc4ccccc4)cc[nH]c3=O)[nH]c2c1. The first-order valence-corrected chi connectivity index (χ1v) is 10.4. The van der Waals surface area contributed by atoms with E-state index in [1.807, 2.05) is 49.4 Å². The summed E-state index contributed by atoms with van der Waals surface area (Å²) < 4.78 is 0. The molecule has 1 atom stereocenters. The number of pyridine rings is 1. The van der Waals surface area contributed by atoms with Crippen molar-refractivity contribution in [2.75, 3.05) is 19.0 Å². The summed E-state index contributed by atoms with van der Waals surface area (Å²) in [6.07, 6.45) is 2.19. The lowest BCUT2D eigenvalue weighted by atomic mass is 10.1. The monoisotopic (exact) mass is 430 g/mol. The number of aryl methyl sites for hydroxylation is 1. The van der Waals surface area contributed by atoms with Gasteiger partial charge < -0.3 is 26.1 Å². The molecule has 6 N–H and O–H groups in total. The number of nitrogens with two attached hydrogens (primary N) is 1. The predicted molar refractivity (Wildman–Crippen MR) is 128 cm³/mol. The maximum absolute atomic E-state index is 12.8. The summed E-state index contributed by atoms with van der Waals surface area (Å²) in [7, 11) is 1.64. The predicted octanol–water partition coefficient (Wildman–Crippen LogP) is 2.58. The van der Waals surface area contributed by atoms with Gasteiger partial charge in [-0.05, 0) is 42.7 Å². The standard InChI is InChI=1S/C24H26N6O2/c1-14-10-16(22(25)26-2)12-19-21(14)30-23(29-19)20-18(8-9-27-24(20)32)28-17(13-31)11-15-6-4-3-5-7-15/h3-10,12,17,31H,11,13H2,1-2H3,(H2,25,26)(H,29,30)(H2,27,28,32)/t17-/m0/s1. The zero-order chi connectivity index (χ0) is 22.7. The highest BCUT2D eigenvalue weighted by Crippen LogP contribution is 2.27. The van der Waals surface area contributed by atoms with E-state index in [1.165, 1.54) is 0 Å². The molecule has 0 radical (unpaired) electrons. The number of fused-ring (bicyclic) bond motifs is 1. The number of H-pyrrole nitrogens is 2. The number of amidine groups is 1. The van der Waals surface area contributed by atoms with Gasteiger partial charge in [0.05, 0.1) is 29.4 Å². The van der Waals surface area contributed by atoms with Gasteiger partial charge in [0.2, 0.25) is 0 Å². The molecule has 0 fully saturated rings. The lowest BCUT2D eigenvalue weighted by Gasteiger charge is -2.19. The molecule has 0 saturated carbocycles. The van der Waals surface area contributed by atoms with E-state index in [4.69, 9.17) is 5.73 Å². The molecule has 0 amide bonds. The quantitative estimate of drug-likeness (QED) is 0.227. The van der Waals surface area contributed by atoms with E-state index >= 15 is 0 Å². The third-order valence-electron chi connectivity index (χ3n) is 5.42. The number of aromatic amines is 2. The number of benzene rings is 2. The normalized spacial score (nSPS) is 12.8. The van der Waals surface area contributed by atoms with Crippen LogP contribution in [0.2, 0.25) is 0 Å². The number of hydrogen-bond donors (Lipinski definition) is 5. The Hall–Kier alpha value is -3.91. The van der Waals surface area contributed by atoms with Crippen molar-refractivity contribution in [1.29, 1.82) is 0 Å². The van der Waals surface area contributed by atoms with Crippen LogP contribution in [0, 0.1) is 6.92 Å². The minimum Gasteiger partial charge on any atom is -0.394 e. The van der Waals surface area contributed by atoms with E-state index in [9.17, 15) is 9.90 Å². The van der Waals surface area contributed by atoms with Crippen LogP contribution in [0.4, 0.5) is 5.69 Å². The number of aliphatic hydroxyl groups excluding tert-OH is 1. The van der Waals surface area contributed by atoms with E-state index in [0.717, 1.165) is 27.7 Å². The van der Waals surface area contributed by atoms with Gasteiger partial charge in [-0.2, -0.15) is 0 Å². The maximum atomic E-state index is 12.8. The summed E-state index contributed by atoms with van der Waals surface area (Å²) in [6, 6.07) is 15.2. The third kappa shape index (κ3) is 4.26. The number of rotatable bonds is 7. The largest absolute Gasteiger partial charge is 0.394 e. The minimum atomic E-state index is -0.280. The summed E-state index contributed by atoms with van der Waals surface area (Å²) in [6.45, 7) is 1.86. The van der Waals surface area contributed by atoms with Gasteiger partial charge in [-0.25, -0.2) is 4.98 Å². The molecule has 0 aliphatic heterocycles. The zero-order valence-electron chi connectivity index (χ0n) is 18.0. The summed E-state index contributed by atoms with van der Waals surface area (Å²) in [5, 5.41) is 13.3. The van der Waals surface area contributed by atoms with Crippen molar-refractivity contribution in [3.63, 3.8) is 0 Å². The molecule has 8 nitrogen and oxygen atoms in total. The molecular formula is C24H26N6O2. The van der Waals surface area contributed by atoms with Crippen molar-refractivity contribution in [3.8, 4) is 11.4 Å². The fraction of sp³-hybridized carbons (Fsp3) is 0.208. The van der Waals surface area contributed by atoms with Gasteiger partial charge in [0, 0.05) is 18.8 Å². The number of nitrogens with zero attached hydrogens (tertiary/aromatic N) is 2. The van der Waals surface area contributed by atoms with Crippen LogP contribution in [-0.4, -0.2) is 45.6 Å². The lowest BCUT2D eigenvalue weighted by Crippen LogP contribution is -2.28. The number of aromatic nitrogens is 3. The van der Waals surface area contributed by atoms with Crippen molar-refractivity contribution in [2.45, 2.75) is 19.4 Å². The Morgan fingerprint density at radius 1 is 1.25 bits per heavy atom. The van der Waals surface area contributed by atoms with Gasteiger partial charge in [-0.15, -0.1) is 0 Å².